The van der Waals surface area contributed by atoms with E-state index in [-0.39, 0.29) is 0 Å². The van der Waals surface area contributed by atoms with E-state index in [1.54, 1.807) is 0 Å². The zero-order valence-electron chi connectivity index (χ0n) is 4.02. The summed E-state index contributed by atoms with van der Waals surface area (Å²) in [6.45, 7) is 0. The van der Waals surface area contributed by atoms with Crippen LogP contribution < -0.4 is 11.5 Å². The van der Waals surface area contributed by atoms with Gasteiger partial charge in [0, 0.05) is 17.8 Å². The topological polar surface area (TPSA) is 52.0 Å². The lowest BCUT2D eigenvalue weighted by atomic mass is 10.3. The van der Waals surface area contributed by atoms with Crippen molar-refractivity contribution >= 4 is 0 Å². The Balaban J connectivity index is 2.61. The predicted molar refractivity (Wildman–Crippen MR) is 29.2 cm³/mol. The first kappa shape index (κ1) is 4.24. The molecule has 0 radical (unpaired) electrons. The molecule has 7 heavy (non-hydrogen) atoms. The Kier molecular flexibility index (Phi) is 0.785. The molecule has 1 aliphatic carbocycles. The van der Waals surface area contributed by atoms with Crippen LogP contribution in [0.2, 0.25) is 0 Å². The SMILES string of the molecule is NC1=CC=C(N)C1. The van der Waals surface area contributed by atoms with Crippen molar-refractivity contribution < 1.29 is 0 Å². The molecule has 0 aliphatic heterocycles. The minimum absolute atomic E-state index is 0.750. The van der Waals surface area contributed by atoms with Crippen LogP contribution in [0.25, 0.3) is 0 Å². The zero-order valence-corrected chi connectivity index (χ0v) is 4.02. The first-order chi connectivity index (χ1) is 3.29. The molecule has 0 saturated carbocycles. The zero-order chi connectivity index (χ0) is 5.28. The Labute approximate surface area is 42.5 Å². The summed E-state index contributed by atoms with van der Waals surface area (Å²) < 4.78 is 0. The first-order valence-corrected chi connectivity index (χ1v) is 2.20. The van der Waals surface area contributed by atoms with Crippen molar-refractivity contribution in [2.75, 3.05) is 0 Å². The van der Waals surface area contributed by atoms with Gasteiger partial charge in [-0.25, -0.2) is 0 Å². The summed E-state index contributed by atoms with van der Waals surface area (Å²) in [5.74, 6) is 0. The number of hydrogen-bond acceptors (Lipinski definition) is 2. The lowest BCUT2D eigenvalue weighted by Gasteiger charge is -1.88. The highest BCUT2D eigenvalue weighted by molar-refractivity contribution is 5.25. The first-order valence-electron chi connectivity index (χ1n) is 2.20. The molecule has 4 N–H and O–H groups in total. The second kappa shape index (κ2) is 1.30. The third-order valence-corrected chi connectivity index (χ3v) is 0.920. The van der Waals surface area contributed by atoms with Gasteiger partial charge in [-0.3, -0.25) is 0 Å². The van der Waals surface area contributed by atoms with Crippen LogP contribution in [0.3, 0.4) is 0 Å². The Morgan fingerprint density at radius 1 is 1.14 bits per heavy atom. The number of hydrogen-bond donors (Lipinski definition) is 2. The van der Waals surface area contributed by atoms with Crippen molar-refractivity contribution in [2.45, 2.75) is 6.42 Å². The van der Waals surface area contributed by atoms with Crippen LogP contribution in [0.5, 0.6) is 0 Å². The van der Waals surface area contributed by atoms with Crippen LogP contribution >= 0.6 is 0 Å². The van der Waals surface area contributed by atoms with E-state index in [4.69, 9.17) is 11.5 Å². The fourth-order valence-corrected chi connectivity index (χ4v) is 0.568. The summed E-state index contributed by atoms with van der Waals surface area (Å²) in [6, 6.07) is 0. The highest BCUT2D eigenvalue weighted by atomic mass is 14.6. The summed E-state index contributed by atoms with van der Waals surface area (Å²) in [6.07, 6.45) is 4.41. The summed E-state index contributed by atoms with van der Waals surface area (Å²) in [5.41, 5.74) is 12.4. The van der Waals surface area contributed by atoms with Gasteiger partial charge in [-0.15, -0.1) is 0 Å². The van der Waals surface area contributed by atoms with E-state index in [1.165, 1.54) is 0 Å². The largest absolute Gasteiger partial charge is 0.402 e. The van der Waals surface area contributed by atoms with Crippen LogP contribution in [-0.2, 0) is 0 Å². The molecule has 0 aromatic heterocycles. The fraction of sp³-hybridized carbons (Fsp3) is 0.200. The van der Waals surface area contributed by atoms with Gasteiger partial charge in [0.2, 0.25) is 0 Å². The Morgan fingerprint density at radius 2 is 1.57 bits per heavy atom. The molecule has 2 heteroatoms. The lowest BCUT2D eigenvalue weighted by molar-refractivity contribution is 1.09. The second-order valence-corrected chi connectivity index (χ2v) is 1.66. The van der Waals surface area contributed by atoms with Crippen molar-refractivity contribution in [3.8, 4) is 0 Å². The highest BCUT2D eigenvalue weighted by Gasteiger charge is 1.97. The van der Waals surface area contributed by atoms with Crippen LogP contribution in [-0.4, -0.2) is 0 Å². The van der Waals surface area contributed by atoms with Gasteiger partial charge in [0.25, 0.3) is 0 Å². The molecule has 0 amide bonds. The Morgan fingerprint density at radius 3 is 1.71 bits per heavy atom. The van der Waals surface area contributed by atoms with Crippen molar-refractivity contribution in [1.29, 1.82) is 0 Å². The number of nitrogens with two attached hydrogens (primary N) is 2. The standard InChI is InChI=1S/C5H8N2/c6-4-1-2-5(7)3-4/h1-2H,3,6-7H2. The molecule has 0 heterocycles. The molecule has 38 valence electrons. The minimum Gasteiger partial charge on any atom is -0.402 e. The predicted octanol–water partition coefficient (Wildman–Crippen LogP) is 0.0753. The molecule has 2 nitrogen and oxygen atoms in total. The summed E-state index contributed by atoms with van der Waals surface area (Å²) in [7, 11) is 0. The van der Waals surface area contributed by atoms with E-state index < -0.39 is 0 Å². The molecule has 1 rings (SSSR count). The third kappa shape index (κ3) is 0.738. The molecule has 0 bridgehead atoms. The smallest absolute Gasteiger partial charge is 0.0267 e. The fourth-order valence-electron chi connectivity index (χ4n) is 0.568. The molecule has 0 aromatic rings. The van der Waals surface area contributed by atoms with Crippen molar-refractivity contribution in [2.24, 2.45) is 11.5 Å². The Hall–Kier alpha value is -0.920. The molecule has 0 atom stereocenters. The van der Waals surface area contributed by atoms with Crippen LogP contribution in [0, 0.1) is 0 Å². The summed E-state index contributed by atoms with van der Waals surface area (Å²) in [4.78, 5) is 0. The molecular formula is C5H8N2. The van der Waals surface area contributed by atoms with Crippen LogP contribution in [0.15, 0.2) is 23.5 Å². The van der Waals surface area contributed by atoms with Gasteiger partial charge in [-0.05, 0) is 12.2 Å². The van der Waals surface area contributed by atoms with E-state index in [0.717, 1.165) is 17.8 Å². The van der Waals surface area contributed by atoms with Gasteiger partial charge in [0.05, 0.1) is 0 Å². The van der Waals surface area contributed by atoms with Crippen molar-refractivity contribution in [1.82, 2.24) is 0 Å². The normalized spacial score (nSPS) is 18.9. The van der Waals surface area contributed by atoms with Gasteiger partial charge < -0.3 is 11.5 Å². The molecule has 0 unspecified atom stereocenters. The van der Waals surface area contributed by atoms with Gasteiger partial charge in [0.15, 0.2) is 0 Å². The average molecular weight is 96.1 g/mol. The number of allylic oxidation sites excluding steroid dienone is 2. The van der Waals surface area contributed by atoms with E-state index in [2.05, 4.69) is 0 Å². The quantitative estimate of drug-likeness (QED) is 0.448. The van der Waals surface area contributed by atoms with Crippen LogP contribution in [0.1, 0.15) is 6.42 Å². The summed E-state index contributed by atoms with van der Waals surface area (Å²) >= 11 is 0. The maximum atomic E-state index is 5.35. The van der Waals surface area contributed by atoms with E-state index in [0.29, 0.717) is 0 Å². The Bertz CT molecular complexity index is 117. The van der Waals surface area contributed by atoms with E-state index in [9.17, 15) is 0 Å². The highest BCUT2D eigenvalue weighted by Crippen LogP contribution is 2.07. The van der Waals surface area contributed by atoms with Gasteiger partial charge in [-0.1, -0.05) is 0 Å². The third-order valence-electron chi connectivity index (χ3n) is 0.920. The second-order valence-electron chi connectivity index (χ2n) is 1.66. The molecule has 0 spiro atoms. The maximum Gasteiger partial charge on any atom is 0.0267 e. The maximum absolute atomic E-state index is 5.35. The van der Waals surface area contributed by atoms with Crippen LogP contribution in [0.4, 0.5) is 0 Å². The summed E-state index contributed by atoms with van der Waals surface area (Å²) in [5, 5.41) is 0. The monoisotopic (exact) mass is 96.1 g/mol. The van der Waals surface area contributed by atoms with Gasteiger partial charge in [-0.2, -0.15) is 0 Å². The molecule has 0 aromatic carbocycles. The molecule has 0 fully saturated rings. The number of rotatable bonds is 0. The van der Waals surface area contributed by atoms with Gasteiger partial charge in [0.1, 0.15) is 0 Å². The lowest BCUT2D eigenvalue weighted by Crippen LogP contribution is -1.98. The van der Waals surface area contributed by atoms with E-state index in [1.807, 2.05) is 12.2 Å². The molecular weight excluding hydrogens is 88.1 g/mol. The van der Waals surface area contributed by atoms with E-state index >= 15 is 0 Å². The van der Waals surface area contributed by atoms with Crippen molar-refractivity contribution in [3.05, 3.63) is 23.5 Å². The van der Waals surface area contributed by atoms with Crippen molar-refractivity contribution in [3.63, 3.8) is 0 Å². The molecule has 1 aliphatic rings. The van der Waals surface area contributed by atoms with Gasteiger partial charge >= 0.3 is 0 Å². The minimum atomic E-state index is 0.750. The molecule has 0 saturated heterocycles. The average Bonchev–Trinajstić information content (AvgIpc) is 1.87.